The second-order valence-electron chi connectivity index (χ2n) is 20.1. The van der Waals surface area contributed by atoms with Crippen molar-refractivity contribution in [1.29, 1.82) is 0 Å². The summed E-state index contributed by atoms with van der Waals surface area (Å²) in [5, 5.41) is 9.19. The number of hydrogen-bond donors (Lipinski definition) is 1. The van der Waals surface area contributed by atoms with E-state index in [1.165, 1.54) is 37.7 Å². The van der Waals surface area contributed by atoms with Gasteiger partial charge in [0.1, 0.15) is 0 Å². The first-order valence-corrected chi connectivity index (χ1v) is 19.3. The predicted octanol–water partition coefficient (Wildman–Crippen LogP) is 14.2. The Morgan fingerprint density at radius 3 is 1.20 bits per heavy atom. The van der Waals surface area contributed by atoms with E-state index in [1.54, 1.807) is 38.5 Å². The molecule has 0 aliphatic heterocycles. The maximum Gasteiger partial charge on any atom is 0.0594 e. The molecule has 5 rings (SSSR count). The molecule has 1 N–H and O–H groups in total. The van der Waals surface area contributed by atoms with Crippen LogP contribution in [0.25, 0.3) is 0 Å². The van der Waals surface area contributed by atoms with Crippen LogP contribution < -0.4 is 0 Å². The summed E-state index contributed by atoms with van der Waals surface area (Å²) in [7, 11) is 0. The van der Waals surface area contributed by atoms with Crippen LogP contribution in [0, 0.1) is 64.1 Å². The van der Waals surface area contributed by atoms with Crippen molar-refractivity contribution < 1.29 is 5.11 Å². The van der Waals surface area contributed by atoms with Crippen LogP contribution in [0.1, 0.15) is 195 Å². The first kappa shape index (κ1) is 43.7. The van der Waals surface area contributed by atoms with Gasteiger partial charge < -0.3 is 5.11 Å². The van der Waals surface area contributed by atoms with Crippen molar-refractivity contribution in [3.8, 4) is 0 Å². The fraction of sp³-hybridized carbons (Fsp3) is 0.953. The molecule has 0 radical (unpaired) electrons. The summed E-state index contributed by atoms with van der Waals surface area (Å²) in [5.74, 6) is 8.55. The highest BCUT2D eigenvalue weighted by atomic mass is 16.3. The standard InChI is InChI=1S/C14H24.C8H18.C7H16O.2C7H14/c1-10(2)6-14-7-11-3-12(8-14)5-13(4-11)9-14;1-7(2)6-8(3,4)5;1-6(2)5-7(3,4)8;1-6(2)5-7-3-4-7;1-6(2)5-7(3)4/h10-13H,3-9H2,1-2H3;7H,6H2,1-5H3;6,8H,5H2,1-4H3;6-7H,3-5H2,1-2H3;5-6H,1-4H3. The van der Waals surface area contributed by atoms with Crippen molar-refractivity contribution in [3.05, 3.63) is 11.6 Å². The summed E-state index contributed by atoms with van der Waals surface area (Å²) in [4.78, 5) is 0. The summed E-state index contributed by atoms with van der Waals surface area (Å²) in [5.41, 5.74) is 2.28. The average molecular weight is 619 g/mol. The zero-order valence-electron chi connectivity index (χ0n) is 33.7. The minimum Gasteiger partial charge on any atom is -0.390 e. The average Bonchev–Trinajstić information content (AvgIpc) is 3.52. The lowest BCUT2D eigenvalue weighted by Gasteiger charge is -2.57. The van der Waals surface area contributed by atoms with E-state index in [1.807, 2.05) is 13.8 Å². The van der Waals surface area contributed by atoms with Gasteiger partial charge in [0.25, 0.3) is 0 Å². The Balaban J connectivity index is 0.000000548. The van der Waals surface area contributed by atoms with Gasteiger partial charge >= 0.3 is 0 Å². The van der Waals surface area contributed by atoms with Gasteiger partial charge in [0, 0.05) is 0 Å². The van der Waals surface area contributed by atoms with Crippen LogP contribution in [0.4, 0.5) is 0 Å². The molecule has 4 bridgehead atoms. The topological polar surface area (TPSA) is 20.2 Å². The highest BCUT2D eigenvalue weighted by Crippen LogP contribution is 2.61. The molecule has 0 amide bonds. The van der Waals surface area contributed by atoms with Crippen LogP contribution in [-0.2, 0) is 0 Å². The maximum atomic E-state index is 9.19. The molecule has 0 aromatic rings. The minimum atomic E-state index is -0.478. The molecule has 1 nitrogen and oxygen atoms in total. The molecule has 264 valence electrons. The van der Waals surface area contributed by atoms with E-state index >= 15 is 0 Å². The van der Waals surface area contributed by atoms with Crippen LogP contribution in [0.2, 0.25) is 0 Å². The van der Waals surface area contributed by atoms with Crippen molar-refractivity contribution in [3.63, 3.8) is 0 Å². The van der Waals surface area contributed by atoms with E-state index in [0.717, 1.165) is 53.3 Å². The van der Waals surface area contributed by atoms with E-state index in [2.05, 4.69) is 110 Å². The Hall–Kier alpha value is -0.300. The van der Waals surface area contributed by atoms with Gasteiger partial charge in [-0.05, 0) is 156 Å². The summed E-state index contributed by atoms with van der Waals surface area (Å²) < 4.78 is 0. The molecule has 5 aliphatic carbocycles. The van der Waals surface area contributed by atoms with Crippen molar-refractivity contribution in [2.75, 3.05) is 0 Å². The highest BCUT2D eigenvalue weighted by molar-refractivity contribution is 5.01. The lowest BCUT2D eigenvalue weighted by molar-refractivity contribution is -0.0632. The van der Waals surface area contributed by atoms with Crippen LogP contribution >= 0.6 is 0 Å². The lowest BCUT2D eigenvalue weighted by atomic mass is 9.48. The van der Waals surface area contributed by atoms with Crippen LogP contribution in [0.3, 0.4) is 0 Å². The minimum absolute atomic E-state index is 0.478. The number of allylic oxidation sites excluding steroid dienone is 2. The third-order valence-electron chi connectivity index (χ3n) is 9.10. The van der Waals surface area contributed by atoms with Crippen LogP contribution in [0.5, 0.6) is 0 Å². The molecular formula is C43H86O. The maximum absolute atomic E-state index is 9.19. The van der Waals surface area contributed by atoms with Crippen LogP contribution in [0.15, 0.2) is 11.6 Å². The predicted molar refractivity (Wildman–Crippen MR) is 201 cm³/mol. The molecule has 5 aliphatic rings. The molecule has 0 aromatic carbocycles. The molecule has 0 spiro atoms. The van der Waals surface area contributed by atoms with E-state index in [4.69, 9.17) is 0 Å². The molecule has 5 fully saturated rings. The number of rotatable bonds is 8. The lowest BCUT2D eigenvalue weighted by Crippen LogP contribution is -2.46. The monoisotopic (exact) mass is 619 g/mol. The van der Waals surface area contributed by atoms with Crippen LogP contribution in [-0.4, -0.2) is 10.7 Å². The molecule has 0 saturated heterocycles. The third-order valence-corrected chi connectivity index (χ3v) is 9.10. The summed E-state index contributed by atoms with van der Waals surface area (Å²) in [6, 6.07) is 0. The molecular weight excluding hydrogens is 532 g/mol. The Morgan fingerprint density at radius 2 is 1.07 bits per heavy atom. The molecule has 0 unspecified atom stereocenters. The molecule has 44 heavy (non-hydrogen) atoms. The zero-order chi connectivity index (χ0) is 34.5. The Labute approximate surface area is 280 Å². The second-order valence-corrected chi connectivity index (χ2v) is 20.1. The van der Waals surface area contributed by atoms with Crippen molar-refractivity contribution in [2.24, 2.45) is 64.1 Å². The van der Waals surface area contributed by atoms with E-state index < -0.39 is 5.60 Å². The van der Waals surface area contributed by atoms with Gasteiger partial charge in [0.05, 0.1) is 5.60 Å². The fourth-order valence-corrected chi connectivity index (χ4v) is 9.32. The van der Waals surface area contributed by atoms with Gasteiger partial charge in [-0.25, -0.2) is 0 Å². The smallest absolute Gasteiger partial charge is 0.0594 e. The number of hydrogen-bond acceptors (Lipinski definition) is 1. The third kappa shape index (κ3) is 24.9. The highest BCUT2D eigenvalue weighted by Gasteiger charge is 2.50. The largest absolute Gasteiger partial charge is 0.390 e. The van der Waals surface area contributed by atoms with E-state index in [-0.39, 0.29) is 0 Å². The molecule has 5 saturated carbocycles. The van der Waals surface area contributed by atoms with E-state index in [9.17, 15) is 5.11 Å². The first-order valence-electron chi connectivity index (χ1n) is 19.3. The Morgan fingerprint density at radius 1 is 0.659 bits per heavy atom. The number of aliphatic hydroxyl groups is 1. The fourth-order valence-electron chi connectivity index (χ4n) is 9.32. The summed E-state index contributed by atoms with van der Waals surface area (Å²) in [6.07, 6.45) is 20.0. The van der Waals surface area contributed by atoms with Crippen molar-refractivity contribution in [1.82, 2.24) is 0 Å². The van der Waals surface area contributed by atoms with Crippen molar-refractivity contribution in [2.45, 2.75) is 200 Å². The van der Waals surface area contributed by atoms with Gasteiger partial charge in [-0.3, -0.25) is 0 Å². The normalized spacial score (nSPS) is 25.5. The van der Waals surface area contributed by atoms with Gasteiger partial charge in [0.2, 0.25) is 0 Å². The summed E-state index contributed by atoms with van der Waals surface area (Å²) >= 11 is 0. The Bertz CT molecular complexity index is 681. The molecule has 0 heterocycles. The zero-order valence-corrected chi connectivity index (χ0v) is 33.7. The second kappa shape index (κ2) is 20.2. The SMILES string of the molecule is CC(C)=CC(C)C.CC(C)CC(C)(C)C.CC(C)CC(C)(C)O.CC(C)CC12CC3CC(CC(C3)C1)C2.CC(C)CC1CC1. The van der Waals surface area contributed by atoms with Gasteiger partial charge in [-0.1, -0.05) is 114 Å². The molecule has 1 heteroatoms. The van der Waals surface area contributed by atoms with Gasteiger partial charge in [0.15, 0.2) is 0 Å². The Kier molecular flexibility index (Phi) is 20.0. The quantitative estimate of drug-likeness (QED) is 0.268. The van der Waals surface area contributed by atoms with Crippen molar-refractivity contribution >= 4 is 0 Å². The molecule has 0 aromatic heterocycles. The van der Waals surface area contributed by atoms with Gasteiger partial charge in [-0.2, -0.15) is 0 Å². The van der Waals surface area contributed by atoms with Gasteiger partial charge in [-0.15, -0.1) is 0 Å². The molecule has 0 atom stereocenters. The first-order chi connectivity index (χ1) is 19.9. The van der Waals surface area contributed by atoms with E-state index in [0.29, 0.717) is 17.3 Å². The summed E-state index contributed by atoms with van der Waals surface area (Å²) in [6.45, 7) is 37.4.